The minimum absolute atomic E-state index is 0.00838. The van der Waals surface area contributed by atoms with Gasteiger partial charge < -0.3 is 5.11 Å². The maximum Gasteiger partial charge on any atom is 0.322 e. The fourth-order valence-electron chi connectivity index (χ4n) is 1.86. The molecule has 1 aromatic carbocycles. The molecule has 0 aromatic heterocycles. The van der Waals surface area contributed by atoms with Crippen LogP contribution in [0.3, 0.4) is 0 Å². The number of carbonyl (C=O) groups is 2. The summed E-state index contributed by atoms with van der Waals surface area (Å²) in [5.41, 5.74) is 0. The van der Waals surface area contributed by atoms with Gasteiger partial charge in [0.1, 0.15) is 11.8 Å². The Morgan fingerprint density at radius 3 is 2.44 bits per heavy atom. The Kier molecular flexibility index (Phi) is 3.18. The van der Waals surface area contributed by atoms with Crippen molar-refractivity contribution < 1.29 is 23.1 Å². The van der Waals surface area contributed by atoms with Gasteiger partial charge in [-0.15, -0.1) is 0 Å². The molecule has 96 valence electrons. The monoisotopic (exact) mass is 269 g/mol. The van der Waals surface area contributed by atoms with Crippen molar-refractivity contribution >= 4 is 21.8 Å². The summed E-state index contributed by atoms with van der Waals surface area (Å²) in [4.78, 5) is 22.2. The van der Waals surface area contributed by atoms with Crippen molar-refractivity contribution in [1.82, 2.24) is 4.31 Å². The van der Waals surface area contributed by atoms with Gasteiger partial charge in [0.25, 0.3) is 0 Å². The molecule has 1 heterocycles. The summed E-state index contributed by atoms with van der Waals surface area (Å²) in [5.74, 6) is -1.69. The van der Waals surface area contributed by atoms with Gasteiger partial charge in [-0.1, -0.05) is 18.2 Å². The highest BCUT2D eigenvalue weighted by molar-refractivity contribution is 7.89. The molecule has 1 N–H and O–H groups in total. The van der Waals surface area contributed by atoms with Crippen LogP contribution in [0.4, 0.5) is 0 Å². The van der Waals surface area contributed by atoms with Gasteiger partial charge in [-0.3, -0.25) is 9.59 Å². The quantitative estimate of drug-likeness (QED) is 0.840. The van der Waals surface area contributed by atoms with Gasteiger partial charge in [-0.2, -0.15) is 4.31 Å². The molecular weight excluding hydrogens is 258 g/mol. The van der Waals surface area contributed by atoms with Gasteiger partial charge >= 0.3 is 5.97 Å². The van der Waals surface area contributed by atoms with Crippen molar-refractivity contribution in [2.75, 3.05) is 6.54 Å². The van der Waals surface area contributed by atoms with Gasteiger partial charge in [-0.25, -0.2) is 8.42 Å². The molecule has 1 unspecified atom stereocenters. The predicted octanol–water partition coefficient (Wildman–Crippen LogP) is 0.103. The van der Waals surface area contributed by atoms with E-state index in [1.54, 1.807) is 18.2 Å². The summed E-state index contributed by atoms with van der Waals surface area (Å²) in [6.07, 6.45) is -0.276. The van der Waals surface area contributed by atoms with Gasteiger partial charge in [0.15, 0.2) is 0 Å². The van der Waals surface area contributed by atoms with E-state index in [2.05, 4.69) is 0 Å². The van der Waals surface area contributed by atoms with E-state index in [0.29, 0.717) is 0 Å². The van der Waals surface area contributed by atoms with Crippen LogP contribution in [0.25, 0.3) is 0 Å². The number of sulfonamides is 1. The lowest BCUT2D eigenvalue weighted by molar-refractivity contribution is -0.141. The number of aliphatic carboxylic acids is 1. The topological polar surface area (TPSA) is 91.8 Å². The number of rotatable bonds is 3. The summed E-state index contributed by atoms with van der Waals surface area (Å²) in [5, 5.41) is 8.95. The third kappa shape index (κ3) is 2.14. The van der Waals surface area contributed by atoms with Crippen LogP contribution in [0.5, 0.6) is 0 Å². The molecule has 1 atom stereocenters. The average Bonchev–Trinajstić information content (AvgIpc) is 2.73. The Hall–Kier alpha value is -1.73. The fourth-order valence-corrected chi connectivity index (χ4v) is 3.44. The van der Waals surface area contributed by atoms with Crippen LogP contribution in [0, 0.1) is 0 Å². The number of hydrogen-bond donors (Lipinski definition) is 1. The largest absolute Gasteiger partial charge is 0.480 e. The van der Waals surface area contributed by atoms with Crippen molar-refractivity contribution in [2.45, 2.75) is 17.4 Å². The van der Waals surface area contributed by atoms with Crippen LogP contribution < -0.4 is 0 Å². The lowest BCUT2D eigenvalue weighted by Gasteiger charge is -2.19. The van der Waals surface area contributed by atoms with E-state index in [9.17, 15) is 18.0 Å². The molecule has 1 aliphatic heterocycles. The number of carboxylic acid groups (broad SMARTS) is 1. The van der Waals surface area contributed by atoms with E-state index >= 15 is 0 Å². The molecule has 0 amide bonds. The van der Waals surface area contributed by atoms with Crippen LogP contribution in [-0.2, 0) is 19.6 Å². The van der Waals surface area contributed by atoms with Gasteiger partial charge in [-0.05, 0) is 12.1 Å². The number of hydrogen-bond acceptors (Lipinski definition) is 4. The Balaban J connectivity index is 2.41. The normalized spacial score (nSPS) is 21.1. The van der Waals surface area contributed by atoms with Gasteiger partial charge in [0.2, 0.25) is 10.0 Å². The number of carbonyl (C=O) groups excluding carboxylic acids is 1. The predicted molar refractivity (Wildman–Crippen MR) is 61.4 cm³/mol. The summed E-state index contributed by atoms with van der Waals surface area (Å²) < 4.78 is 25.2. The molecule has 0 bridgehead atoms. The fraction of sp³-hybridized carbons (Fsp3) is 0.273. The number of ketones is 1. The molecular formula is C11H11NO5S. The second kappa shape index (κ2) is 4.51. The minimum Gasteiger partial charge on any atom is -0.480 e. The van der Waals surface area contributed by atoms with Crippen molar-refractivity contribution in [3.05, 3.63) is 30.3 Å². The zero-order valence-electron chi connectivity index (χ0n) is 9.31. The number of Topliss-reactive ketones (excluding diaryl/α,β-unsaturated/α-hetero) is 1. The smallest absolute Gasteiger partial charge is 0.322 e. The van der Waals surface area contributed by atoms with Gasteiger partial charge in [0.05, 0.1) is 11.4 Å². The van der Waals surface area contributed by atoms with Crippen molar-refractivity contribution in [2.24, 2.45) is 0 Å². The third-order valence-corrected chi connectivity index (χ3v) is 4.60. The van der Waals surface area contributed by atoms with E-state index in [1.807, 2.05) is 0 Å². The van der Waals surface area contributed by atoms with E-state index in [4.69, 9.17) is 5.11 Å². The lowest BCUT2D eigenvalue weighted by atomic mass is 10.2. The summed E-state index contributed by atoms with van der Waals surface area (Å²) in [7, 11) is -3.93. The second-order valence-electron chi connectivity index (χ2n) is 3.96. The first kappa shape index (κ1) is 12.7. The first-order valence-electron chi connectivity index (χ1n) is 5.24. The SMILES string of the molecule is O=C1CC(C(=O)O)N(S(=O)(=O)c2ccccc2)C1. The van der Waals surface area contributed by atoms with Crippen LogP contribution in [0.1, 0.15) is 6.42 Å². The Morgan fingerprint density at radius 2 is 1.89 bits per heavy atom. The summed E-state index contributed by atoms with van der Waals surface area (Å²) >= 11 is 0. The number of carboxylic acids is 1. The highest BCUT2D eigenvalue weighted by Gasteiger charge is 2.43. The lowest BCUT2D eigenvalue weighted by Crippen LogP contribution is -2.40. The second-order valence-corrected chi connectivity index (χ2v) is 5.85. The Labute approximate surface area is 104 Å². The molecule has 1 aliphatic rings. The number of benzene rings is 1. The van der Waals surface area contributed by atoms with Crippen molar-refractivity contribution in [1.29, 1.82) is 0 Å². The Morgan fingerprint density at radius 1 is 1.28 bits per heavy atom. The van der Waals surface area contributed by atoms with Crippen molar-refractivity contribution in [3.63, 3.8) is 0 Å². The van der Waals surface area contributed by atoms with E-state index in [1.165, 1.54) is 12.1 Å². The molecule has 6 nitrogen and oxygen atoms in total. The molecule has 2 rings (SSSR count). The van der Waals surface area contributed by atoms with Gasteiger partial charge in [0, 0.05) is 6.42 Å². The standard InChI is InChI=1S/C11H11NO5S/c13-8-6-10(11(14)15)12(7-8)18(16,17)9-4-2-1-3-5-9/h1-5,10H,6-7H2,(H,14,15). The van der Waals surface area contributed by atoms with Crippen LogP contribution in [-0.4, -0.2) is 42.2 Å². The van der Waals surface area contributed by atoms with Crippen LogP contribution in [0.2, 0.25) is 0 Å². The highest BCUT2D eigenvalue weighted by Crippen LogP contribution is 2.24. The zero-order valence-corrected chi connectivity index (χ0v) is 10.1. The Bertz CT molecular complexity index is 581. The zero-order chi connectivity index (χ0) is 13.3. The maximum atomic E-state index is 12.2. The molecule has 0 spiro atoms. The summed E-state index contributed by atoms with van der Waals surface area (Å²) in [6.45, 7) is -0.381. The highest BCUT2D eigenvalue weighted by atomic mass is 32.2. The van der Waals surface area contributed by atoms with Crippen LogP contribution in [0.15, 0.2) is 35.2 Å². The molecule has 1 saturated heterocycles. The summed E-state index contributed by atoms with van der Waals surface area (Å²) in [6, 6.07) is 6.18. The average molecular weight is 269 g/mol. The molecule has 0 saturated carbocycles. The molecule has 0 radical (unpaired) electrons. The minimum atomic E-state index is -3.93. The molecule has 7 heteroatoms. The van der Waals surface area contributed by atoms with E-state index in [-0.39, 0.29) is 23.6 Å². The molecule has 18 heavy (non-hydrogen) atoms. The molecule has 1 fully saturated rings. The third-order valence-electron chi connectivity index (χ3n) is 2.74. The van der Waals surface area contributed by atoms with E-state index in [0.717, 1.165) is 4.31 Å². The van der Waals surface area contributed by atoms with Crippen LogP contribution >= 0.6 is 0 Å². The number of nitrogens with zero attached hydrogens (tertiary/aromatic N) is 1. The molecule has 0 aliphatic carbocycles. The van der Waals surface area contributed by atoms with Crippen molar-refractivity contribution in [3.8, 4) is 0 Å². The van der Waals surface area contributed by atoms with E-state index < -0.39 is 22.0 Å². The first-order valence-corrected chi connectivity index (χ1v) is 6.68. The maximum absolute atomic E-state index is 12.2. The first-order chi connectivity index (χ1) is 8.43. The molecule has 1 aromatic rings.